The lowest BCUT2D eigenvalue weighted by Crippen LogP contribution is -2.25. The summed E-state index contributed by atoms with van der Waals surface area (Å²) in [5.41, 5.74) is 2.63. The largest absolute Gasteiger partial charge is 0.483 e. The Bertz CT molecular complexity index is 974. The quantitative estimate of drug-likeness (QED) is 0.491. The number of benzene rings is 1. The fourth-order valence-electron chi connectivity index (χ4n) is 2.94. The van der Waals surface area contributed by atoms with Gasteiger partial charge < -0.3 is 18.9 Å². The van der Waals surface area contributed by atoms with Crippen LogP contribution in [-0.2, 0) is 4.74 Å². The number of ketones is 1. The van der Waals surface area contributed by atoms with E-state index < -0.39 is 12.1 Å². The molecule has 1 atom stereocenters. The maximum Gasteiger partial charge on any atom is 0.340 e. The monoisotopic (exact) mass is 383 g/mol. The average molecular weight is 383 g/mol. The lowest BCUT2D eigenvalue weighted by Gasteiger charge is -2.14. The molecule has 0 fully saturated rings. The molecule has 0 aliphatic rings. The van der Waals surface area contributed by atoms with Crippen LogP contribution in [0.25, 0.3) is 11.5 Å². The van der Waals surface area contributed by atoms with Crippen molar-refractivity contribution >= 4 is 11.8 Å². The summed E-state index contributed by atoms with van der Waals surface area (Å²) in [4.78, 5) is 27.9. The Balaban J connectivity index is 1.74. The molecule has 0 saturated heterocycles. The van der Waals surface area contributed by atoms with Gasteiger partial charge in [0, 0.05) is 11.3 Å². The topological polar surface area (TPSA) is 107 Å². The highest BCUT2D eigenvalue weighted by molar-refractivity contribution is 6.03. The molecule has 146 valence electrons. The van der Waals surface area contributed by atoms with Gasteiger partial charge in [-0.1, -0.05) is 0 Å². The molecule has 0 spiro atoms. The number of carbonyl (C=O) groups is 2. The summed E-state index contributed by atoms with van der Waals surface area (Å²) < 4.78 is 16.0. The third-order valence-electron chi connectivity index (χ3n) is 4.31. The van der Waals surface area contributed by atoms with Crippen LogP contribution in [-0.4, -0.2) is 39.6 Å². The van der Waals surface area contributed by atoms with Crippen LogP contribution in [0.15, 0.2) is 35.1 Å². The van der Waals surface area contributed by atoms with Crippen molar-refractivity contribution in [1.82, 2.24) is 15.2 Å². The molecule has 0 aliphatic heterocycles. The third kappa shape index (κ3) is 3.80. The number of hydrogen-bond acceptors (Lipinski definition) is 7. The highest BCUT2D eigenvalue weighted by Crippen LogP contribution is 2.24. The Hall–Kier alpha value is -3.42. The molecule has 28 heavy (non-hydrogen) atoms. The Morgan fingerprint density at radius 1 is 1.21 bits per heavy atom. The zero-order chi connectivity index (χ0) is 20.3. The number of aryl methyl sites for hydroxylation is 1. The summed E-state index contributed by atoms with van der Waals surface area (Å²) >= 11 is 0. The summed E-state index contributed by atoms with van der Waals surface area (Å²) in [6.07, 6.45) is 0.507. The van der Waals surface area contributed by atoms with Gasteiger partial charge in [-0.2, -0.15) is 0 Å². The van der Waals surface area contributed by atoms with Crippen LogP contribution in [0.4, 0.5) is 0 Å². The van der Waals surface area contributed by atoms with E-state index in [1.807, 2.05) is 0 Å². The minimum absolute atomic E-state index is 0.253. The van der Waals surface area contributed by atoms with E-state index in [0.29, 0.717) is 34.2 Å². The van der Waals surface area contributed by atoms with Crippen LogP contribution >= 0.6 is 0 Å². The first-order valence-corrected chi connectivity index (χ1v) is 8.86. The van der Waals surface area contributed by atoms with Crippen molar-refractivity contribution in [2.24, 2.45) is 0 Å². The molecule has 8 nitrogen and oxygen atoms in total. The van der Waals surface area contributed by atoms with Crippen LogP contribution in [0.5, 0.6) is 5.75 Å². The first-order valence-electron chi connectivity index (χ1n) is 8.86. The van der Waals surface area contributed by atoms with Crippen molar-refractivity contribution in [1.29, 1.82) is 0 Å². The maximum atomic E-state index is 12.8. The summed E-state index contributed by atoms with van der Waals surface area (Å²) in [5.74, 6) is 0.227. The summed E-state index contributed by atoms with van der Waals surface area (Å²) in [7, 11) is 0. The van der Waals surface area contributed by atoms with Crippen molar-refractivity contribution in [2.75, 3.05) is 6.61 Å². The van der Waals surface area contributed by atoms with Crippen LogP contribution in [0, 0.1) is 13.8 Å². The van der Waals surface area contributed by atoms with Crippen LogP contribution in [0.2, 0.25) is 0 Å². The first-order chi connectivity index (χ1) is 13.4. The molecule has 1 aromatic carbocycles. The predicted octanol–water partition coefficient (Wildman–Crippen LogP) is 3.51. The summed E-state index contributed by atoms with van der Waals surface area (Å²) in [6, 6.07) is 6.98. The molecule has 2 heterocycles. The minimum Gasteiger partial charge on any atom is -0.483 e. The summed E-state index contributed by atoms with van der Waals surface area (Å²) in [5, 5.41) is 7.48. The van der Waals surface area contributed by atoms with Gasteiger partial charge >= 0.3 is 5.97 Å². The number of esters is 1. The summed E-state index contributed by atoms with van der Waals surface area (Å²) in [6.45, 7) is 7.12. The van der Waals surface area contributed by atoms with E-state index in [0.717, 1.165) is 5.56 Å². The molecule has 3 aromatic rings. The molecule has 0 radical (unpaired) electrons. The van der Waals surface area contributed by atoms with E-state index in [1.165, 1.54) is 6.39 Å². The second kappa shape index (κ2) is 8.08. The SMILES string of the molecule is CCOC(=O)c1c(C)[nH]c(C(=O)C(C)Oc2ccc(-c3nnco3)cc2)c1C. The maximum absolute atomic E-state index is 12.8. The molecule has 0 aliphatic carbocycles. The number of carbonyl (C=O) groups excluding carboxylic acids is 2. The van der Waals surface area contributed by atoms with E-state index in [1.54, 1.807) is 52.0 Å². The van der Waals surface area contributed by atoms with Gasteiger partial charge in [0.15, 0.2) is 6.10 Å². The Kier molecular flexibility index (Phi) is 5.58. The van der Waals surface area contributed by atoms with Gasteiger partial charge in [-0.05, 0) is 57.5 Å². The Labute approximate surface area is 161 Å². The number of hydrogen-bond donors (Lipinski definition) is 1. The van der Waals surface area contributed by atoms with Crippen molar-refractivity contribution in [3.8, 4) is 17.2 Å². The number of ether oxygens (including phenoxy) is 2. The highest BCUT2D eigenvalue weighted by Gasteiger charge is 2.26. The van der Waals surface area contributed by atoms with Crippen LogP contribution in [0.3, 0.4) is 0 Å². The van der Waals surface area contributed by atoms with Crippen molar-refractivity contribution in [2.45, 2.75) is 33.8 Å². The second-order valence-corrected chi connectivity index (χ2v) is 6.24. The van der Waals surface area contributed by atoms with Gasteiger partial charge in [0.1, 0.15) is 5.75 Å². The smallest absolute Gasteiger partial charge is 0.340 e. The predicted molar refractivity (Wildman–Crippen MR) is 100 cm³/mol. The van der Waals surface area contributed by atoms with Gasteiger partial charge in [-0.3, -0.25) is 4.79 Å². The zero-order valence-corrected chi connectivity index (χ0v) is 16.1. The zero-order valence-electron chi connectivity index (χ0n) is 16.1. The van der Waals surface area contributed by atoms with Gasteiger partial charge in [0.05, 0.1) is 17.9 Å². The number of nitrogens with one attached hydrogen (secondary N) is 1. The number of aromatic nitrogens is 3. The third-order valence-corrected chi connectivity index (χ3v) is 4.31. The fourth-order valence-corrected chi connectivity index (χ4v) is 2.94. The molecule has 2 aromatic heterocycles. The molecule has 1 unspecified atom stereocenters. The fraction of sp³-hybridized carbons (Fsp3) is 0.300. The lowest BCUT2D eigenvalue weighted by molar-refractivity contribution is 0.0525. The van der Waals surface area contributed by atoms with Crippen LogP contribution < -0.4 is 4.74 Å². The molecular formula is C20H21N3O5. The number of H-pyrrole nitrogens is 1. The first kappa shape index (κ1) is 19.3. The van der Waals surface area contributed by atoms with Gasteiger partial charge in [-0.25, -0.2) is 4.79 Å². The van der Waals surface area contributed by atoms with Crippen molar-refractivity contribution in [3.63, 3.8) is 0 Å². The molecular weight excluding hydrogens is 362 g/mol. The Morgan fingerprint density at radius 2 is 1.93 bits per heavy atom. The molecule has 0 saturated carbocycles. The van der Waals surface area contributed by atoms with Gasteiger partial charge in [-0.15, -0.1) is 10.2 Å². The number of rotatable bonds is 7. The molecule has 0 bridgehead atoms. The molecule has 0 amide bonds. The highest BCUT2D eigenvalue weighted by atomic mass is 16.5. The van der Waals surface area contributed by atoms with E-state index in [9.17, 15) is 9.59 Å². The van der Waals surface area contributed by atoms with Gasteiger partial charge in [0.25, 0.3) is 0 Å². The Morgan fingerprint density at radius 3 is 2.54 bits per heavy atom. The van der Waals surface area contributed by atoms with E-state index >= 15 is 0 Å². The molecule has 1 N–H and O–H groups in total. The number of Topliss-reactive ketones (excluding diaryl/α,β-unsaturated/α-hetero) is 1. The standard InChI is InChI=1S/C20H21N3O5/c1-5-26-20(25)16-11(2)17(22-12(16)3)18(24)13(4)28-15-8-6-14(7-9-15)19-23-21-10-27-19/h6-10,13,22H,5H2,1-4H3. The normalized spacial score (nSPS) is 11.9. The van der Waals surface area contributed by atoms with Crippen LogP contribution in [0.1, 0.15) is 46.0 Å². The van der Waals surface area contributed by atoms with Crippen molar-refractivity contribution in [3.05, 3.63) is 53.2 Å². The van der Waals surface area contributed by atoms with Gasteiger partial charge in [0.2, 0.25) is 18.1 Å². The minimum atomic E-state index is -0.749. The van der Waals surface area contributed by atoms with E-state index in [4.69, 9.17) is 13.9 Å². The van der Waals surface area contributed by atoms with E-state index in [-0.39, 0.29) is 12.4 Å². The lowest BCUT2D eigenvalue weighted by atomic mass is 10.1. The van der Waals surface area contributed by atoms with Crippen molar-refractivity contribution < 1.29 is 23.5 Å². The number of nitrogens with zero attached hydrogens (tertiary/aromatic N) is 2. The average Bonchev–Trinajstić information content (AvgIpc) is 3.30. The molecule has 8 heteroatoms. The second-order valence-electron chi connectivity index (χ2n) is 6.24. The van der Waals surface area contributed by atoms with E-state index in [2.05, 4.69) is 15.2 Å². The number of aromatic amines is 1. The molecule has 3 rings (SSSR count).